The van der Waals surface area contributed by atoms with Crippen molar-refractivity contribution in [2.24, 2.45) is 5.92 Å². The van der Waals surface area contributed by atoms with Crippen LogP contribution < -0.4 is 20.6 Å². The van der Waals surface area contributed by atoms with Gasteiger partial charge in [0.2, 0.25) is 5.91 Å². The van der Waals surface area contributed by atoms with E-state index < -0.39 is 53.6 Å². The number of carbonyl (C=O) groups is 4. The molecule has 0 saturated carbocycles. The SMILES string of the molecule is CCOC(=O)C[C@H]1[C@H](OC(=O)c2cc3ccccc3oc2=O)[C@@H](NC(=O)CC(C)C)c2cc(OCCCO)ccc2N1C(=O)c1ccccc1. The second-order valence-electron chi connectivity index (χ2n) is 12.3. The second kappa shape index (κ2) is 16.3. The van der Waals surface area contributed by atoms with Crippen LogP contribution in [0.3, 0.4) is 0 Å². The van der Waals surface area contributed by atoms with Crippen molar-refractivity contribution in [2.75, 3.05) is 24.7 Å². The maximum atomic E-state index is 14.4. The monoisotopic (exact) mass is 684 g/mol. The summed E-state index contributed by atoms with van der Waals surface area (Å²) in [6.45, 7) is 5.55. The summed E-state index contributed by atoms with van der Waals surface area (Å²) in [5, 5.41) is 12.8. The Kier molecular flexibility index (Phi) is 11.7. The van der Waals surface area contributed by atoms with Crippen LogP contribution in [0.15, 0.2) is 88.1 Å². The van der Waals surface area contributed by atoms with Crippen LogP contribution in [0.2, 0.25) is 0 Å². The lowest BCUT2D eigenvalue weighted by molar-refractivity contribution is -0.144. The van der Waals surface area contributed by atoms with E-state index in [0.29, 0.717) is 28.8 Å². The molecule has 4 aromatic rings. The number of fused-ring (bicyclic) bond motifs is 2. The van der Waals surface area contributed by atoms with Gasteiger partial charge < -0.3 is 34.0 Å². The molecule has 1 aromatic heterocycles. The molecule has 50 heavy (non-hydrogen) atoms. The fraction of sp³-hybridized carbons (Fsp3) is 0.342. The van der Waals surface area contributed by atoms with Gasteiger partial charge in [-0.25, -0.2) is 9.59 Å². The first-order valence-electron chi connectivity index (χ1n) is 16.6. The van der Waals surface area contributed by atoms with E-state index in [1.807, 2.05) is 13.8 Å². The van der Waals surface area contributed by atoms with Gasteiger partial charge in [0.15, 0.2) is 0 Å². The van der Waals surface area contributed by atoms with E-state index >= 15 is 0 Å². The molecule has 262 valence electrons. The summed E-state index contributed by atoms with van der Waals surface area (Å²) in [7, 11) is 0. The Morgan fingerprint density at radius 3 is 2.44 bits per heavy atom. The molecule has 5 rings (SSSR count). The van der Waals surface area contributed by atoms with E-state index in [2.05, 4.69) is 5.32 Å². The average molecular weight is 685 g/mol. The molecule has 1 aliphatic heterocycles. The van der Waals surface area contributed by atoms with Crippen LogP contribution in [0.25, 0.3) is 11.0 Å². The van der Waals surface area contributed by atoms with Gasteiger partial charge in [0.05, 0.1) is 37.4 Å². The molecule has 2 amide bonds. The third kappa shape index (κ3) is 8.20. The van der Waals surface area contributed by atoms with Gasteiger partial charge in [0.1, 0.15) is 23.0 Å². The number of rotatable bonds is 13. The first-order valence-corrected chi connectivity index (χ1v) is 16.6. The molecule has 12 heteroatoms. The van der Waals surface area contributed by atoms with E-state index in [1.54, 1.807) is 79.7 Å². The highest BCUT2D eigenvalue weighted by Gasteiger charge is 2.48. The minimum absolute atomic E-state index is 0.0269. The molecule has 1 aliphatic rings. The van der Waals surface area contributed by atoms with Crippen molar-refractivity contribution in [1.29, 1.82) is 0 Å². The molecule has 0 fully saturated rings. The van der Waals surface area contributed by atoms with E-state index in [1.165, 1.54) is 11.0 Å². The number of aliphatic hydroxyl groups excluding tert-OH is 1. The van der Waals surface area contributed by atoms with Crippen LogP contribution in [0.5, 0.6) is 5.75 Å². The predicted molar refractivity (Wildman–Crippen MR) is 184 cm³/mol. The fourth-order valence-electron chi connectivity index (χ4n) is 5.95. The van der Waals surface area contributed by atoms with Crippen LogP contribution in [0, 0.1) is 5.92 Å². The van der Waals surface area contributed by atoms with Gasteiger partial charge in [0.25, 0.3) is 5.91 Å². The number of carbonyl (C=O) groups excluding carboxylic acids is 4. The Bertz CT molecular complexity index is 1900. The highest BCUT2D eigenvalue weighted by molar-refractivity contribution is 6.08. The lowest BCUT2D eigenvalue weighted by Gasteiger charge is -2.45. The first-order chi connectivity index (χ1) is 24.1. The summed E-state index contributed by atoms with van der Waals surface area (Å²) < 4.78 is 22.7. The van der Waals surface area contributed by atoms with Crippen LogP contribution in [-0.2, 0) is 19.1 Å². The highest BCUT2D eigenvalue weighted by Crippen LogP contribution is 2.43. The van der Waals surface area contributed by atoms with Crippen molar-refractivity contribution in [1.82, 2.24) is 5.32 Å². The van der Waals surface area contributed by atoms with E-state index in [9.17, 15) is 29.1 Å². The molecule has 3 aromatic carbocycles. The summed E-state index contributed by atoms with van der Waals surface area (Å²) in [5.41, 5.74) is -0.0693. The molecule has 2 N–H and O–H groups in total. The number of amides is 2. The van der Waals surface area contributed by atoms with Crippen molar-refractivity contribution in [3.8, 4) is 5.75 Å². The topological polar surface area (TPSA) is 162 Å². The smallest absolute Gasteiger partial charge is 0.351 e. The number of hydrogen-bond donors (Lipinski definition) is 2. The molecule has 0 spiro atoms. The summed E-state index contributed by atoms with van der Waals surface area (Å²) in [4.78, 5) is 69.5. The van der Waals surface area contributed by atoms with Gasteiger partial charge in [-0.1, -0.05) is 50.2 Å². The molecule has 3 atom stereocenters. The summed E-state index contributed by atoms with van der Waals surface area (Å²) in [6, 6.07) is 19.0. The minimum atomic E-state index is -1.40. The first kappa shape index (κ1) is 35.8. The third-order valence-corrected chi connectivity index (χ3v) is 8.14. The summed E-state index contributed by atoms with van der Waals surface area (Å²) in [5.74, 6) is -2.27. The van der Waals surface area contributed by atoms with Crippen molar-refractivity contribution in [3.63, 3.8) is 0 Å². The zero-order valence-corrected chi connectivity index (χ0v) is 28.1. The Hall–Kier alpha value is -5.49. The minimum Gasteiger partial charge on any atom is -0.493 e. The number of nitrogens with zero attached hydrogens (tertiary/aromatic N) is 1. The number of esters is 2. The molecular formula is C38H40N2O10. The predicted octanol–water partition coefficient (Wildman–Crippen LogP) is 4.97. The summed E-state index contributed by atoms with van der Waals surface area (Å²) >= 11 is 0. The zero-order valence-electron chi connectivity index (χ0n) is 28.1. The molecule has 0 saturated heterocycles. The number of nitrogens with one attached hydrogen (secondary N) is 1. The Morgan fingerprint density at radius 1 is 0.980 bits per heavy atom. The maximum Gasteiger partial charge on any atom is 0.351 e. The number of hydrogen-bond acceptors (Lipinski definition) is 10. The standard InChI is InChI=1S/C38H40N2O10/c1-4-47-33(43)22-30-35(50-38(46)28-20-25-13-8-9-14-31(25)49-37(28)45)34(39-32(42)19-23(2)3)27-21-26(48-18-10-17-41)15-16-29(27)40(30)36(44)24-11-6-5-7-12-24/h5-9,11-16,20-21,23,30,34-35,41H,4,10,17-19,22H2,1-3H3,(H,39,42)/t30-,34-,35-/m0/s1. The second-order valence-corrected chi connectivity index (χ2v) is 12.3. The number of aliphatic hydroxyl groups is 1. The number of anilines is 1. The Morgan fingerprint density at radius 2 is 1.72 bits per heavy atom. The van der Waals surface area contributed by atoms with Crippen LogP contribution in [-0.4, -0.2) is 60.8 Å². The van der Waals surface area contributed by atoms with E-state index in [4.69, 9.17) is 18.6 Å². The average Bonchev–Trinajstić information content (AvgIpc) is 3.09. The lowest BCUT2D eigenvalue weighted by atomic mass is 9.85. The Labute approximate surface area is 288 Å². The number of ether oxygens (including phenoxy) is 3. The van der Waals surface area contributed by atoms with Gasteiger partial charge >= 0.3 is 17.6 Å². The fourth-order valence-corrected chi connectivity index (χ4v) is 5.95. The zero-order chi connectivity index (χ0) is 35.8. The third-order valence-electron chi connectivity index (χ3n) is 8.14. The summed E-state index contributed by atoms with van der Waals surface area (Å²) in [6.07, 6.45) is -1.33. The van der Waals surface area contributed by atoms with Crippen molar-refractivity contribution in [3.05, 3.63) is 106 Å². The van der Waals surface area contributed by atoms with E-state index in [0.717, 1.165) is 0 Å². The van der Waals surface area contributed by atoms with Crippen LogP contribution in [0.4, 0.5) is 5.69 Å². The molecule has 0 bridgehead atoms. The van der Waals surface area contributed by atoms with Gasteiger partial charge in [-0.3, -0.25) is 14.4 Å². The number of benzene rings is 3. The van der Waals surface area contributed by atoms with Gasteiger partial charge in [0, 0.05) is 36.0 Å². The highest BCUT2D eigenvalue weighted by atomic mass is 16.6. The van der Waals surface area contributed by atoms with E-state index in [-0.39, 0.29) is 49.2 Å². The molecule has 12 nitrogen and oxygen atoms in total. The van der Waals surface area contributed by atoms with Gasteiger partial charge in [-0.2, -0.15) is 0 Å². The van der Waals surface area contributed by atoms with Crippen molar-refractivity contribution in [2.45, 2.75) is 58.2 Å². The van der Waals surface area contributed by atoms with Gasteiger partial charge in [-0.15, -0.1) is 0 Å². The quantitative estimate of drug-likeness (QED) is 0.112. The largest absolute Gasteiger partial charge is 0.493 e. The normalized spacial score (nSPS) is 16.8. The Balaban J connectivity index is 1.70. The van der Waals surface area contributed by atoms with Crippen molar-refractivity contribution < 1.29 is 42.9 Å². The molecule has 2 heterocycles. The molecule has 0 unspecified atom stereocenters. The molecular weight excluding hydrogens is 644 g/mol. The molecule has 0 radical (unpaired) electrons. The number of para-hydroxylation sites is 1. The maximum absolute atomic E-state index is 14.4. The van der Waals surface area contributed by atoms with Gasteiger partial charge in [-0.05, 0) is 55.3 Å². The lowest BCUT2D eigenvalue weighted by Crippen LogP contribution is -2.58. The van der Waals surface area contributed by atoms with Crippen LogP contribution >= 0.6 is 0 Å². The van der Waals surface area contributed by atoms with Crippen molar-refractivity contribution >= 4 is 40.4 Å². The molecule has 0 aliphatic carbocycles. The van der Waals surface area contributed by atoms with Crippen LogP contribution in [0.1, 0.15) is 72.4 Å².